The van der Waals surface area contributed by atoms with Gasteiger partial charge in [0.05, 0.1) is 37.7 Å². The Kier molecular flexibility index (Phi) is 5.40. The van der Waals surface area contributed by atoms with Gasteiger partial charge in [-0.3, -0.25) is 0 Å². The van der Waals surface area contributed by atoms with E-state index in [1.54, 1.807) is 24.3 Å². The third kappa shape index (κ3) is 3.58. The van der Waals surface area contributed by atoms with E-state index >= 15 is 0 Å². The van der Waals surface area contributed by atoms with E-state index in [0.717, 1.165) is 4.90 Å². The number of nitriles is 1. The maximum Gasteiger partial charge on any atom is 0.243 e. The zero-order chi connectivity index (χ0) is 16.2. The summed E-state index contributed by atoms with van der Waals surface area (Å²) in [6.07, 6.45) is 0. The minimum Gasteiger partial charge on any atom is -0.494 e. The van der Waals surface area contributed by atoms with E-state index in [1.807, 2.05) is 13.8 Å². The molecule has 2 rings (SSSR count). The first-order valence-electron chi connectivity index (χ1n) is 7.46. The summed E-state index contributed by atoms with van der Waals surface area (Å²) in [6, 6.07) is 8.63. The molecule has 6 nitrogen and oxygen atoms in total. The van der Waals surface area contributed by atoms with Gasteiger partial charge >= 0.3 is 0 Å². The second-order valence-electron chi connectivity index (χ2n) is 5.32. The van der Waals surface area contributed by atoms with E-state index in [-0.39, 0.29) is 10.9 Å². The zero-order valence-corrected chi connectivity index (χ0v) is 13.8. The molecule has 0 unspecified atom stereocenters. The van der Waals surface area contributed by atoms with Crippen LogP contribution in [0.15, 0.2) is 29.2 Å². The Morgan fingerprint density at radius 1 is 1.32 bits per heavy atom. The maximum absolute atomic E-state index is 12.6. The van der Waals surface area contributed by atoms with Gasteiger partial charge in [-0.1, -0.05) is 0 Å². The Labute approximate surface area is 131 Å². The predicted molar refractivity (Wildman–Crippen MR) is 82.1 cm³/mol. The number of hydrogen-bond donors (Lipinski definition) is 1. The highest BCUT2D eigenvalue weighted by Crippen LogP contribution is 2.19. The molecule has 0 radical (unpaired) electrons. The second-order valence-corrected chi connectivity index (χ2v) is 7.26. The predicted octanol–water partition coefficient (Wildman–Crippen LogP) is -0.113. The van der Waals surface area contributed by atoms with Gasteiger partial charge in [0.2, 0.25) is 10.0 Å². The van der Waals surface area contributed by atoms with Crippen LogP contribution >= 0.6 is 0 Å². The molecule has 120 valence electrons. The van der Waals surface area contributed by atoms with Gasteiger partial charge in [0.25, 0.3) is 0 Å². The van der Waals surface area contributed by atoms with Crippen molar-refractivity contribution in [1.29, 1.82) is 5.26 Å². The highest BCUT2D eigenvalue weighted by atomic mass is 32.2. The molecule has 1 N–H and O–H groups in total. The Bertz CT molecular complexity index is 629. The van der Waals surface area contributed by atoms with Crippen molar-refractivity contribution in [3.8, 4) is 11.8 Å². The standard InChI is InChI=1S/C15H21N3O3S/c1-3-21-14-4-6-15(7-5-14)22(19,20)18-10-8-17(9-11-18)13(2)12-16/h4-7,13H,3,8-11H2,1-2H3/p+1/t13-/m1/s1. The molecule has 0 amide bonds. The number of rotatable bonds is 5. The van der Waals surface area contributed by atoms with Gasteiger partial charge in [0, 0.05) is 6.92 Å². The van der Waals surface area contributed by atoms with Crippen LogP contribution in [0, 0.1) is 11.3 Å². The number of ether oxygens (including phenoxy) is 1. The fourth-order valence-corrected chi connectivity index (χ4v) is 4.00. The lowest BCUT2D eigenvalue weighted by Crippen LogP contribution is -3.17. The van der Waals surface area contributed by atoms with E-state index in [9.17, 15) is 8.42 Å². The van der Waals surface area contributed by atoms with Crippen LogP contribution in [0.25, 0.3) is 0 Å². The van der Waals surface area contributed by atoms with E-state index in [0.29, 0.717) is 38.5 Å². The Morgan fingerprint density at radius 3 is 2.41 bits per heavy atom. The molecule has 0 aromatic heterocycles. The molecule has 1 aromatic carbocycles. The summed E-state index contributed by atoms with van der Waals surface area (Å²) >= 11 is 0. The molecule has 1 aromatic rings. The van der Waals surface area contributed by atoms with Crippen LogP contribution in [-0.2, 0) is 10.0 Å². The SMILES string of the molecule is CCOc1ccc(S(=O)(=O)N2CC[NH+]([C@H](C)C#N)CC2)cc1. The summed E-state index contributed by atoms with van der Waals surface area (Å²) in [5.74, 6) is 0.665. The van der Waals surface area contributed by atoms with Crippen molar-refractivity contribution in [2.45, 2.75) is 24.8 Å². The topological polar surface area (TPSA) is 74.8 Å². The average Bonchev–Trinajstić information content (AvgIpc) is 2.55. The highest BCUT2D eigenvalue weighted by Gasteiger charge is 2.32. The van der Waals surface area contributed by atoms with Crippen LogP contribution in [0.5, 0.6) is 5.75 Å². The molecule has 22 heavy (non-hydrogen) atoms. The highest BCUT2D eigenvalue weighted by molar-refractivity contribution is 7.89. The lowest BCUT2D eigenvalue weighted by atomic mass is 10.2. The Morgan fingerprint density at radius 2 is 1.91 bits per heavy atom. The molecule has 0 spiro atoms. The van der Waals surface area contributed by atoms with Gasteiger partial charge in [-0.2, -0.15) is 9.57 Å². The molecule has 0 bridgehead atoms. The summed E-state index contributed by atoms with van der Waals surface area (Å²) in [6.45, 7) is 6.50. The van der Waals surface area contributed by atoms with Gasteiger partial charge in [-0.05, 0) is 31.2 Å². The van der Waals surface area contributed by atoms with Gasteiger partial charge < -0.3 is 9.64 Å². The second kappa shape index (κ2) is 7.09. The van der Waals surface area contributed by atoms with Gasteiger partial charge in [0.1, 0.15) is 11.8 Å². The molecule has 1 fully saturated rings. The molecular formula is C15H22N3O3S+. The van der Waals surface area contributed by atoms with Crippen LogP contribution in [0.3, 0.4) is 0 Å². The smallest absolute Gasteiger partial charge is 0.243 e. The first-order chi connectivity index (χ1) is 10.5. The summed E-state index contributed by atoms with van der Waals surface area (Å²) in [4.78, 5) is 1.42. The number of benzene rings is 1. The van der Waals surface area contributed by atoms with E-state index in [4.69, 9.17) is 10.00 Å². The quantitative estimate of drug-likeness (QED) is 0.820. The Hall–Kier alpha value is -1.62. The van der Waals surface area contributed by atoms with E-state index < -0.39 is 10.0 Å². The molecular weight excluding hydrogens is 302 g/mol. The maximum atomic E-state index is 12.6. The first kappa shape index (κ1) is 16.7. The lowest BCUT2D eigenvalue weighted by molar-refractivity contribution is -0.918. The van der Waals surface area contributed by atoms with E-state index in [1.165, 1.54) is 4.31 Å². The fourth-order valence-electron chi connectivity index (χ4n) is 2.56. The molecule has 1 heterocycles. The number of nitrogens with zero attached hydrogens (tertiary/aromatic N) is 2. The fraction of sp³-hybridized carbons (Fsp3) is 0.533. The van der Waals surface area contributed by atoms with Crippen LogP contribution in [0.4, 0.5) is 0 Å². The summed E-state index contributed by atoms with van der Waals surface area (Å²) in [5.41, 5.74) is 0. The number of hydrogen-bond acceptors (Lipinski definition) is 4. The van der Waals surface area contributed by atoms with Crippen molar-refractivity contribution >= 4 is 10.0 Å². The van der Waals surface area contributed by atoms with Crippen molar-refractivity contribution in [3.63, 3.8) is 0 Å². The van der Waals surface area contributed by atoms with Gasteiger partial charge in [-0.15, -0.1) is 0 Å². The van der Waals surface area contributed by atoms with Crippen molar-refractivity contribution < 1.29 is 18.1 Å². The first-order valence-corrected chi connectivity index (χ1v) is 8.90. The van der Waals surface area contributed by atoms with Crippen LogP contribution in [-0.4, -0.2) is 51.6 Å². The van der Waals surface area contributed by atoms with Crippen LogP contribution < -0.4 is 9.64 Å². The van der Waals surface area contributed by atoms with Crippen molar-refractivity contribution in [2.75, 3.05) is 32.8 Å². The van der Waals surface area contributed by atoms with Gasteiger partial charge in [0.15, 0.2) is 6.04 Å². The van der Waals surface area contributed by atoms with Crippen molar-refractivity contribution in [3.05, 3.63) is 24.3 Å². The van der Waals surface area contributed by atoms with Gasteiger partial charge in [-0.25, -0.2) is 8.42 Å². The third-order valence-electron chi connectivity index (χ3n) is 3.94. The molecule has 7 heteroatoms. The molecule has 0 aliphatic carbocycles. The number of nitrogens with one attached hydrogen (secondary N) is 1. The molecule has 1 aliphatic heterocycles. The zero-order valence-electron chi connectivity index (χ0n) is 12.9. The van der Waals surface area contributed by atoms with Crippen molar-refractivity contribution in [1.82, 2.24) is 4.31 Å². The molecule has 1 aliphatic rings. The number of sulfonamides is 1. The van der Waals surface area contributed by atoms with E-state index in [2.05, 4.69) is 6.07 Å². The summed E-state index contributed by atoms with van der Waals surface area (Å²) < 4.78 is 32.1. The molecule has 1 saturated heterocycles. The number of quaternary nitrogens is 1. The normalized spacial score (nSPS) is 18.6. The number of piperazine rings is 1. The largest absolute Gasteiger partial charge is 0.494 e. The minimum absolute atomic E-state index is 0.102. The lowest BCUT2D eigenvalue weighted by Gasteiger charge is -2.32. The molecule has 1 atom stereocenters. The summed E-state index contributed by atoms with van der Waals surface area (Å²) in [5, 5.41) is 8.95. The van der Waals surface area contributed by atoms with Crippen LogP contribution in [0.2, 0.25) is 0 Å². The van der Waals surface area contributed by atoms with Crippen molar-refractivity contribution in [2.24, 2.45) is 0 Å². The van der Waals surface area contributed by atoms with Crippen LogP contribution in [0.1, 0.15) is 13.8 Å². The molecule has 0 saturated carbocycles. The summed E-state index contributed by atoms with van der Waals surface area (Å²) in [7, 11) is -3.47. The average molecular weight is 324 g/mol. The Balaban J connectivity index is 2.07. The minimum atomic E-state index is -3.47. The third-order valence-corrected chi connectivity index (χ3v) is 5.86. The monoisotopic (exact) mass is 324 g/mol.